The zero-order chi connectivity index (χ0) is 12.3. The van der Waals surface area contributed by atoms with Crippen LogP contribution in [0.4, 0.5) is 13.2 Å². The maximum Gasteiger partial charge on any atom is 0.433 e. The highest BCUT2D eigenvalue weighted by atomic mass is 19.4. The van der Waals surface area contributed by atoms with Gasteiger partial charge in [-0.15, -0.1) is 0 Å². The topological polar surface area (TPSA) is 29.9 Å². The molecule has 1 aromatic heterocycles. The summed E-state index contributed by atoms with van der Waals surface area (Å²) in [6.45, 7) is 3.74. The van der Waals surface area contributed by atoms with Crippen LogP contribution >= 0.6 is 0 Å². The molecule has 0 saturated heterocycles. The highest BCUT2D eigenvalue weighted by Gasteiger charge is 2.38. The smallest absolute Gasteiger partial charge is 0.316 e. The number of hydrogen-bond donors (Lipinski definition) is 1. The minimum Gasteiger partial charge on any atom is -0.316 e. The molecule has 1 unspecified atom stereocenters. The lowest BCUT2D eigenvalue weighted by Gasteiger charge is -2.16. The summed E-state index contributed by atoms with van der Waals surface area (Å²) in [5, 5.41) is 6.54. The molecular weight excluding hydrogens is 219 g/mol. The predicted octanol–water partition coefficient (Wildman–Crippen LogP) is 2.59. The third kappa shape index (κ3) is 2.55. The minimum absolute atomic E-state index is 0.172. The molecule has 0 spiro atoms. The average molecular weight is 235 g/mol. The second-order valence-electron chi connectivity index (χ2n) is 3.75. The van der Waals surface area contributed by atoms with Crippen molar-refractivity contribution in [1.29, 1.82) is 0 Å². The van der Waals surface area contributed by atoms with Crippen molar-refractivity contribution >= 4 is 0 Å². The molecule has 0 aromatic carbocycles. The van der Waals surface area contributed by atoms with Crippen LogP contribution < -0.4 is 5.32 Å². The molecule has 3 nitrogen and oxygen atoms in total. The van der Waals surface area contributed by atoms with Crippen LogP contribution in [0, 0.1) is 0 Å². The van der Waals surface area contributed by atoms with Gasteiger partial charge in [-0.25, -0.2) is 0 Å². The molecule has 0 aliphatic heterocycles. The Balaban J connectivity index is 3.19. The number of halogens is 3. The number of hydrogen-bond acceptors (Lipinski definition) is 2. The van der Waals surface area contributed by atoms with Gasteiger partial charge in [-0.1, -0.05) is 6.92 Å². The van der Waals surface area contributed by atoms with E-state index in [4.69, 9.17) is 0 Å². The molecule has 0 amide bonds. The Kier molecular flexibility index (Phi) is 3.96. The molecule has 1 rings (SSSR count). The van der Waals surface area contributed by atoms with E-state index < -0.39 is 11.9 Å². The Hall–Kier alpha value is -1.04. The van der Waals surface area contributed by atoms with Crippen molar-refractivity contribution in [3.05, 3.63) is 17.5 Å². The fraction of sp³-hybridized carbons (Fsp3) is 0.700. The summed E-state index contributed by atoms with van der Waals surface area (Å²) in [5.74, 6) is 0. The fourth-order valence-electron chi connectivity index (χ4n) is 1.54. The Morgan fingerprint density at radius 3 is 2.56 bits per heavy atom. The summed E-state index contributed by atoms with van der Waals surface area (Å²) in [7, 11) is 1.61. The number of aromatic nitrogens is 2. The molecule has 16 heavy (non-hydrogen) atoms. The molecule has 0 saturated carbocycles. The fourth-order valence-corrected chi connectivity index (χ4v) is 1.54. The minimum atomic E-state index is -4.36. The van der Waals surface area contributed by atoms with E-state index in [1.807, 2.05) is 6.92 Å². The second kappa shape index (κ2) is 4.86. The van der Waals surface area contributed by atoms with Gasteiger partial charge < -0.3 is 5.32 Å². The number of nitrogens with zero attached hydrogens (tertiary/aromatic N) is 2. The average Bonchev–Trinajstić information content (AvgIpc) is 2.60. The van der Waals surface area contributed by atoms with Crippen molar-refractivity contribution < 1.29 is 13.2 Å². The highest BCUT2D eigenvalue weighted by molar-refractivity contribution is 5.21. The van der Waals surface area contributed by atoms with Gasteiger partial charge in [0, 0.05) is 18.2 Å². The summed E-state index contributed by atoms with van der Waals surface area (Å²) in [6, 6.07) is -0.248. The zero-order valence-electron chi connectivity index (χ0n) is 9.60. The summed E-state index contributed by atoms with van der Waals surface area (Å²) >= 11 is 0. The number of alkyl halides is 3. The maximum atomic E-state index is 12.9. The molecule has 92 valence electrons. The van der Waals surface area contributed by atoms with Gasteiger partial charge in [0.1, 0.15) is 5.69 Å². The third-order valence-corrected chi connectivity index (χ3v) is 2.52. The number of nitrogens with one attached hydrogen (secondary N) is 1. The Bertz CT molecular complexity index is 344. The lowest BCUT2D eigenvalue weighted by atomic mass is 10.2. The molecule has 1 atom stereocenters. The predicted molar refractivity (Wildman–Crippen MR) is 55.0 cm³/mol. The molecule has 1 heterocycles. The van der Waals surface area contributed by atoms with E-state index >= 15 is 0 Å². The Morgan fingerprint density at radius 1 is 1.50 bits per heavy atom. The van der Waals surface area contributed by atoms with Crippen LogP contribution in [0.5, 0.6) is 0 Å². The van der Waals surface area contributed by atoms with Crippen molar-refractivity contribution in [2.45, 2.75) is 39.0 Å². The summed E-state index contributed by atoms with van der Waals surface area (Å²) < 4.78 is 39.7. The quantitative estimate of drug-likeness (QED) is 0.869. The van der Waals surface area contributed by atoms with Crippen LogP contribution in [-0.4, -0.2) is 16.8 Å². The Morgan fingerprint density at radius 2 is 2.12 bits per heavy atom. The third-order valence-electron chi connectivity index (χ3n) is 2.52. The first-order chi connectivity index (χ1) is 7.41. The second-order valence-corrected chi connectivity index (χ2v) is 3.75. The van der Waals surface area contributed by atoms with Crippen molar-refractivity contribution in [1.82, 2.24) is 15.1 Å². The van der Waals surface area contributed by atoms with Gasteiger partial charge in [0.25, 0.3) is 0 Å². The van der Waals surface area contributed by atoms with Crippen LogP contribution in [-0.2, 0) is 12.7 Å². The van der Waals surface area contributed by atoms with E-state index in [9.17, 15) is 13.2 Å². The monoisotopic (exact) mass is 235 g/mol. The van der Waals surface area contributed by atoms with Crippen LogP contribution in [0.15, 0.2) is 6.20 Å². The largest absolute Gasteiger partial charge is 0.433 e. The molecule has 0 bridgehead atoms. The zero-order valence-corrected chi connectivity index (χ0v) is 9.60. The van der Waals surface area contributed by atoms with E-state index in [1.165, 1.54) is 6.20 Å². The first-order valence-corrected chi connectivity index (χ1v) is 5.20. The van der Waals surface area contributed by atoms with E-state index in [0.717, 1.165) is 4.68 Å². The summed E-state index contributed by atoms with van der Waals surface area (Å²) in [5.41, 5.74) is -0.452. The molecule has 1 N–H and O–H groups in total. The van der Waals surface area contributed by atoms with Gasteiger partial charge in [0.05, 0.1) is 6.20 Å². The summed E-state index contributed by atoms with van der Waals surface area (Å²) in [4.78, 5) is 0. The van der Waals surface area contributed by atoms with Crippen molar-refractivity contribution in [2.24, 2.45) is 0 Å². The first kappa shape index (κ1) is 13.0. The lowest BCUT2D eigenvalue weighted by molar-refractivity contribution is -0.145. The number of rotatable bonds is 4. The van der Waals surface area contributed by atoms with Crippen LogP contribution in [0.3, 0.4) is 0 Å². The van der Waals surface area contributed by atoms with Crippen LogP contribution in [0.1, 0.15) is 37.6 Å². The molecular formula is C10H16F3N3. The SMILES string of the molecule is CCC(C)n1ncc(CNC)c1C(F)(F)F. The van der Waals surface area contributed by atoms with Gasteiger partial charge in [0.15, 0.2) is 0 Å². The molecule has 0 aliphatic rings. The van der Waals surface area contributed by atoms with Gasteiger partial charge in [-0.2, -0.15) is 18.3 Å². The standard InChI is InChI=1S/C10H16F3N3/c1-4-7(2)16-9(10(11,12)13)8(5-14-3)6-15-16/h6-7,14H,4-5H2,1-3H3. The van der Waals surface area contributed by atoms with Crippen LogP contribution in [0.25, 0.3) is 0 Å². The molecule has 0 fully saturated rings. The van der Waals surface area contributed by atoms with Crippen molar-refractivity contribution in [3.8, 4) is 0 Å². The van der Waals surface area contributed by atoms with Gasteiger partial charge in [-0.05, 0) is 20.4 Å². The molecule has 0 aliphatic carbocycles. The summed E-state index contributed by atoms with van der Waals surface area (Å²) in [6.07, 6.45) is -2.46. The van der Waals surface area contributed by atoms with Crippen molar-refractivity contribution in [2.75, 3.05) is 7.05 Å². The van der Waals surface area contributed by atoms with E-state index in [0.29, 0.717) is 6.42 Å². The normalized spacial score (nSPS) is 14.1. The Labute approximate surface area is 92.6 Å². The molecule has 6 heteroatoms. The van der Waals surface area contributed by atoms with E-state index in [2.05, 4.69) is 10.4 Å². The highest BCUT2D eigenvalue weighted by Crippen LogP contribution is 2.33. The van der Waals surface area contributed by atoms with E-state index in [-0.39, 0.29) is 18.2 Å². The molecule has 0 radical (unpaired) electrons. The van der Waals surface area contributed by atoms with Gasteiger partial charge in [-0.3, -0.25) is 4.68 Å². The van der Waals surface area contributed by atoms with Gasteiger partial charge in [0.2, 0.25) is 0 Å². The van der Waals surface area contributed by atoms with Crippen molar-refractivity contribution in [3.63, 3.8) is 0 Å². The maximum absolute atomic E-state index is 12.9. The molecule has 1 aromatic rings. The van der Waals surface area contributed by atoms with Gasteiger partial charge >= 0.3 is 6.18 Å². The van der Waals surface area contributed by atoms with E-state index in [1.54, 1.807) is 14.0 Å². The lowest BCUT2D eigenvalue weighted by Crippen LogP contribution is -2.20. The van der Waals surface area contributed by atoms with Crippen LogP contribution in [0.2, 0.25) is 0 Å². The first-order valence-electron chi connectivity index (χ1n) is 5.20.